The van der Waals surface area contributed by atoms with E-state index in [0.29, 0.717) is 32.8 Å². The number of nitrogens with zero attached hydrogens (tertiary/aromatic N) is 1. The van der Waals surface area contributed by atoms with Gasteiger partial charge in [-0.3, -0.25) is 4.79 Å². The second kappa shape index (κ2) is 7.09. The molecule has 3 rings (SSSR count). The van der Waals surface area contributed by atoms with E-state index in [1.54, 1.807) is 4.90 Å². The van der Waals surface area contributed by atoms with Gasteiger partial charge in [-0.25, -0.2) is 0 Å². The summed E-state index contributed by atoms with van der Waals surface area (Å²) in [7, 11) is 0. The Morgan fingerprint density at radius 1 is 1.05 bits per heavy atom. The van der Waals surface area contributed by atoms with Gasteiger partial charge in [0.25, 0.3) is 0 Å². The highest BCUT2D eigenvalue weighted by Crippen LogP contribution is 2.23. The average Bonchev–Trinajstić information content (AvgIpc) is 2.79. The summed E-state index contributed by atoms with van der Waals surface area (Å²) in [5, 5.41) is 0. The summed E-state index contributed by atoms with van der Waals surface area (Å²) in [6.07, 6.45) is 0.426. The van der Waals surface area contributed by atoms with Crippen LogP contribution in [-0.4, -0.2) is 25.7 Å². The van der Waals surface area contributed by atoms with E-state index in [-0.39, 0.29) is 5.91 Å². The maximum absolute atomic E-state index is 12.1. The summed E-state index contributed by atoms with van der Waals surface area (Å²) in [5.41, 5.74) is 1.98. The predicted octanol–water partition coefficient (Wildman–Crippen LogP) is 3.02. The zero-order valence-electron chi connectivity index (χ0n) is 12.4. The normalized spacial score (nSPS) is 15.5. The van der Waals surface area contributed by atoms with Crippen LogP contribution in [0.1, 0.15) is 12.0 Å². The number of rotatable bonds is 4. The van der Waals surface area contributed by atoms with Gasteiger partial charge < -0.3 is 14.4 Å². The molecule has 1 fully saturated rings. The van der Waals surface area contributed by atoms with Crippen LogP contribution < -0.4 is 9.64 Å². The van der Waals surface area contributed by atoms with Crippen molar-refractivity contribution in [1.29, 1.82) is 0 Å². The largest absolute Gasteiger partial charge is 0.489 e. The van der Waals surface area contributed by atoms with E-state index in [1.165, 1.54) is 0 Å². The van der Waals surface area contributed by atoms with E-state index < -0.39 is 0 Å². The van der Waals surface area contributed by atoms with Gasteiger partial charge in [0.05, 0.1) is 19.6 Å². The zero-order valence-corrected chi connectivity index (χ0v) is 12.4. The average molecular weight is 297 g/mol. The minimum atomic E-state index is 0.0951. The van der Waals surface area contributed by atoms with Crippen LogP contribution in [0.15, 0.2) is 54.6 Å². The first-order chi connectivity index (χ1) is 10.8. The molecule has 0 aromatic heterocycles. The second-order valence-electron chi connectivity index (χ2n) is 5.18. The lowest BCUT2D eigenvalue weighted by Gasteiger charge is -2.20. The maximum Gasteiger partial charge on any atom is 0.229 e. The Morgan fingerprint density at radius 2 is 1.91 bits per heavy atom. The quantitative estimate of drug-likeness (QED) is 0.870. The molecular weight excluding hydrogens is 278 g/mol. The summed E-state index contributed by atoms with van der Waals surface area (Å²) in [5.74, 6) is 0.858. The summed E-state index contributed by atoms with van der Waals surface area (Å²) in [6, 6.07) is 17.7. The monoisotopic (exact) mass is 297 g/mol. The molecule has 4 heteroatoms. The van der Waals surface area contributed by atoms with Crippen molar-refractivity contribution in [1.82, 2.24) is 0 Å². The van der Waals surface area contributed by atoms with Gasteiger partial charge >= 0.3 is 0 Å². The predicted molar refractivity (Wildman–Crippen MR) is 85.0 cm³/mol. The van der Waals surface area contributed by atoms with Crippen LogP contribution in [0.2, 0.25) is 0 Å². The maximum atomic E-state index is 12.1. The first kappa shape index (κ1) is 14.6. The third-order valence-electron chi connectivity index (χ3n) is 3.60. The summed E-state index contributed by atoms with van der Waals surface area (Å²) < 4.78 is 11.2. The molecule has 4 nitrogen and oxygen atoms in total. The zero-order chi connectivity index (χ0) is 15.2. The SMILES string of the molecule is O=C1CCOCCN1c1cccc(OCc2ccccc2)c1. The van der Waals surface area contributed by atoms with Crippen LogP contribution >= 0.6 is 0 Å². The van der Waals surface area contributed by atoms with E-state index in [4.69, 9.17) is 9.47 Å². The molecule has 1 amide bonds. The van der Waals surface area contributed by atoms with Crippen molar-refractivity contribution in [2.45, 2.75) is 13.0 Å². The molecule has 0 saturated carbocycles. The van der Waals surface area contributed by atoms with Crippen LogP contribution in [0, 0.1) is 0 Å². The fraction of sp³-hybridized carbons (Fsp3) is 0.278. The summed E-state index contributed by atoms with van der Waals surface area (Å²) in [6.45, 7) is 2.17. The Labute approximate surface area is 130 Å². The van der Waals surface area contributed by atoms with E-state index in [9.17, 15) is 4.79 Å². The highest BCUT2D eigenvalue weighted by atomic mass is 16.5. The van der Waals surface area contributed by atoms with Crippen molar-refractivity contribution in [2.75, 3.05) is 24.7 Å². The van der Waals surface area contributed by atoms with Gasteiger partial charge in [0, 0.05) is 18.3 Å². The molecule has 0 radical (unpaired) electrons. The summed E-state index contributed by atoms with van der Waals surface area (Å²) in [4.78, 5) is 13.9. The third-order valence-corrected chi connectivity index (χ3v) is 3.60. The molecule has 2 aromatic rings. The minimum Gasteiger partial charge on any atom is -0.489 e. The van der Waals surface area contributed by atoms with Gasteiger partial charge in [-0.15, -0.1) is 0 Å². The van der Waals surface area contributed by atoms with E-state index >= 15 is 0 Å². The van der Waals surface area contributed by atoms with E-state index in [0.717, 1.165) is 17.0 Å². The fourth-order valence-electron chi connectivity index (χ4n) is 2.43. The Bertz CT molecular complexity index is 627. The Balaban J connectivity index is 1.70. The van der Waals surface area contributed by atoms with Crippen LogP contribution in [0.25, 0.3) is 0 Å². The van der Waals surface area contributed by atoms with Crippen molar-refractivity contribution in [2.24, 2.45) is 0 Å². The highest BCUT2D eigenvalue weighted by molar-refractivity contribution is 5.93. The van der Waals surface area contributed by atoms with Crippen LogP contribution in [0.4, 0.5) is 5.69 Å². The molecule has 2 aromatic carbocycles. The van der Waals surface area contributed by atoms with Gasteiger partial charge in [0.1, 0.15) is 12.4 Å². The first-order valence-electron chi connectivity index (χ1n) is 7.48. The van der Waals surface area contributed by atoms with Crippen molar-refractivity contribution < 1.29 is 14.3 Å². The van der Waals surface area contributed by atoms with E-state index in [2.05, 4.69) is 0 Å². The molecule has 22 heavy (non-hydrogen) atoms. The summed E-state index contributed by atoms with van der Waals surface area (Å²) >= 11 is 0. The molecule has 0 N–H and O–H groups in total. The fourth-order valence-corrected chi connectivity index (χ4v) is 2.43. The first-order valence-corrected chi connectivity index (χ1v) is 7.48. The van der Waals surface area contributed by atoms with Gasteiger partial charge in [-0.2, -0.15) is 0 Å². The van der Waals surface area contributed by atoms with Crippen molar-refractivity contribution in [3.63, 3.8) is 0 Å². The number of benzene rings is 2. The van der Waals surface area contributed by atoms with Crippen molar-refractivity contribution in [3.8, 4) is 5.75 Å². The number of hydrogen-bond donors (Lipinski definition) is 0. The smallest absolute Gasteiger partial charge is 0.229 e. The van der Waals surface area contributed by atoms with Gasteiger partial charge in [0.15, 0.2) is 0 Å². The van der Waals surface area contributed by atoms with Crippen LogP contribution in [-0.2, 0) is 16.1 Å². The lowest BCUT2D eigenvalue weighted by molar-refractivity contribution is -0.118. The second-order valence-corrected chi connectivity index (χ2v) is 5.18. The number of carbonyl (C=O) groups excluding carboxylic acids is 1. The highest BCUT2D eigenvalue weighted by Gasteiger charge is 2.18. The van der Waals surface area contributed by atoms with E-state index in [1.807, 2.05) is 54.6 Å². The number of ether oxygens (including phenoxy) is 2. The Kier molecular flexibility index (Phi) is 4.71. The lowest BCUT2D eigenvalue weighted by Crippen LogP contribution is -2.31. The number of hydrogen-bond acceptors (Lipinski definition) is 3. The molecule has 1 saturated heterocycles. The third kappa shape index (κ3) is 3.65. The molecular formula is C18H19NO3. The molecule has 1 aliphatic heterocycles. The Hall–Kier alpha value is -2.33. The molecule has 0 aliphatic carbocycles. The van der Waals surface area contributed by atoms with Crippen LogP contribution in [0.5, 0.6) is 5.75 Å². The number of carbonyl (C=O) groups is 1. The number of anilines is 1. The molecule has 114 valence electrons. The molecule has 1 heterocycles. The van der Waals surface area contributed by atoms with Gasteiger partial charge in [-0.05, 0) is 17.7 Å². The lowest BCUT2D eigenvalue weighted by atomic mass is 10.2. The molecule has 0 bridgehead atoms. The van der Waals surface area contributed by atoms with Crippen molar-refractivity contribution >= 4 is 11.6 Å². The topological polar surface area (TPSA) is 38.8 Å². The molecule has 0 atom stereocenters. The van der Waals surface area contributed by atoms with Crippen molar-refractivity contribution in [3.05, 3.63) is 60.2 Å². The molecule has 1 aliphatic rings. The molecule has 0 unspecified atom stereocenters. The standard InChI is InChI=1S/C18H19NO3/c20-18-9-11-21-12-10-19(18)16-7-4-8-17(13-16)22-14-15-5-2-1-3-6-15/h1-8,13H,9-12,14H2. The molecule has 0 spiro atoms. The van der Waals surface area contributed by atoms with Gasteiger partial charge in [-0.1, -0.05) is 36.4 Å². The van der Waals surface area contributed by atoms with Gasteiger partial charge in [0.2, 0.25) is 5.91 Å². The Morgan fingerprint density at radius 3 is 2.77 bits per heavy atom. The van der Waals surface area contributed by atoms with Crippen LogP contribution in [0.3, 0.4) is 0 Å². The number of amides is 1. The minimum absolute atomic E-state index is 0.0951.